The lowest BCUT2D eigenvalue weighted by atomic mass is 10.1. The molecule has 2 fully saturated rings. The molecule has 4 amide bonds. The molecule has 6 N–H and O–H groups in total. The van der Waals surface area contributed by atoms with Gasteiger partial charge in [-0.05, 0) is 55.2 Å². The van der Waals surface area contributed by atoms with Crippen LogP contribution in [-0.4, -0.2) is 71.5 Å². The maximum Gasteiger partial charge on any atom is 0.416 e. The highest BCUT2D eigenvalue weighted by Crippen LogP contribution is 2.31. The molecule has 2 aromatic rings. The maximum atomic E-state index is 12.9. The minimum absolute atomic E-state index is 0.0215. The van der Waals surface area contributed by atoms with Gasteiger partial charge in [-0.15, -0.1) is 0 Å². The van der Waals surface area contributed by atoms with E-state index in [1.54, 1.807) is 17.0 Å². The van der Waals surface area contributed by atoms with Gasteiger partial charge in [0.15, 0.2) is 0 Å². The summed E-state index contributed by atoms with van der Waals surface area (Å²) in [6.07, 6.45) is -2.04. The molecule has 0 unspecified atom stereocenters. The quantitative estimate of drug-likeness (QED) is 0.266. The van der Waals surface area contributed by atoms with E-state index >= 15 is 0 Å². The molecule has 13 heteroatoms. The zero-order chi connectivity index (χ0) is 28.2. The highest BCUT2D eigenvalue weighted by atomic mass is 19.4. The minimum Gasteiger partial charge on any atom is -0.506 e. The van der Waals surface area contributed by atoms with Crippen LogP contribution in [0.3, 0.4) is 0 Å². The molecule has 10 nitrogen and oxygen atoms in total. The number of rotatable bonds is 7. The third-order valence-corrected chi connectivity index (χ3v) is 6.77. The second-order valence-corrected chi connectivity index (χ2v) is 9.75. The van der Waals surface area contributed by atoms with Crippen molar-refractivity contribution in [1.29, 1.82) is 0 Å². The molecular formula is C26H31F3N6O4. The summed E-state index contributed by atoms with van der Waals surface area (Å²) in [6.45, 7) is 2.73. The summed E-state index contributed by atoms with van der Waals surface area (Å²) in [5.41, 5.74) is 5.38. The number of hydrogen-bond acceptors (Lipinski definition) is 6. The van der Waals surface area contributed by atoms with Crippen molar-refractivity contribution < 1.29 is 32.7 Å². The van der Waals surface area contributed by atoms with Gasteiger partial charge in [0.1, 0.15) is 5.75 Å². The van der Waals surface area contributed by atoms with Crippen LogP contribution in [0.5, 0.6) is 5.75 Å². The number of nitrogens with two attached hydrogens (primary N) is 1. The van der Waals surface area contributed by atoms with Crippen LogP contribution in [0.15, 0.2) is 36.4 Å². The number of phenolic OH excluding ortho intramolecular Hbond substituents is 1. The average molecular weight is 549 g/mol. The molecule has 2 aliphatic rings. The molecule has 2 aromatic carbocycles. The molecule has 2 heterocycles. The zero-order valence-electron chi connectivity index (χ0n) is 21.2. The number of anilines is 2. The van der Waals surface area contributed by atoms with Crippen molar-refractivity contribution in [1.82, 2.24) is 20.4 Å². The average Bonchev–Trinajstić information content (AvgIpc) is 3.57. The van der Waals surface area contributed by atoms with E-state index < -0.39 is 30.1 Å². The van der Waals surface area contributed by atoms with Crippen molar-refractivity contribution in [2.24, 2.45) is 0 Å². The van der Waals surface area contributed by atoms with E-state index in [0.29, 0.717) is 50.9 Å². The van der Waals surface area contributed by atoms with Crippen molar-refractivity contribution in [3.63, 3.8) is 0 Å². The normalized spacial score (nSPS) is 17.7. The van der Waals surface area contributed by atoms with Gasteiger partial charge in [-0.1, -0.05) is 6.07 Å². The van der Waals surface area contributed by atoms with Crippen molar-refractivity contribution in [2.45, 2.75) is 38.0 Å². The number of nitrogen functional groups attached to an aromatic ring is 1. The van der Waals surface area contributed by atoms with Gasteiger partial charge in [-0.2, -0.15) is 13.2 Å². The second kappa shape index (κ2) is 11.8. The summed E-state index contributed by atoms with van der Waals surface area (Å²) >= 11 is 0. The number of hydrogen-bond donors (Lipinski definition) is 5. The third kappa shape index (κ3) is 7.31. The Morgan fingerprint density at radius 1 is 1.05 bits per heavy atom. The molecule has 0 aliphatic carbocycles. The van der Waals surface area contributed by atoms with E-state index in [9.17, 15) is 32.7 Å². The van der Waals surface area contributed by atoms with Gasteiger partial charge in [0.05, 0.1) is 23.4 Å². The van der Waals surface area contributed by atoms with Crippen LogP contribution in [0.4, 0.5) is 29.3 Å². The van der Waals surface area contributed by atoms with E-state index in [1.807, 2.05) is 0 Å². The summed E-state index contributed by atoms with van der Waals surface area (Å²) in [5, 5.41) is 18.1. The summed E-state index contributed by atoms with van der Waals surface area (Å²) in [5.74, 6) is -1.37. The maximum absolute atomic E-state index is 12.9. The first kappa shape index (κ1) is 28.0. The molecule has 0 saturated carbocycles. The van der Waals surface area contributed by atoms with E-state index in [1.165, 1.54) is 6.07 Å². The lowest BCUT2D eigenvalue weighted by molar-refractivity contribution is -0.137. The minimum atomic E-state index is -4.63. The molecule has 1 atom stereocenters. The summed E-state index contributed by atoms with van der Waals surface area (Å²) < 4.78 is 38.8. The Morgan fingerprint density at radius 2 is 1.79 bits per heavy atom. The summed E-state index contributed by atoms with van der Waals surface area (Å²) in [7, 11) is 0. The standard InChI is InChI=1S/C26H31F3N6O4/c27-26(28,29)17-4-5-20(30)19(12-17)24(38)31-13-23(37)32-18-7-10-34(15-18)14-16-3-6-22(36)21(11-16)33-25(39)35-8-1-2-9-35/h3-6,11-12,18,36H,1-2,7-10,13-15,30H2,(H,31,38)(H,32,37)(H,33,39)/t18-/m1/s1. The van der Waals surface area contributed by atoms with Crippen LogP contribution >= 0.6 is 0 Å². The lowest BCUT2D eigenvalue weighted by Crippen LogP contribution is -2.43. The van der Waals surface area contributed by atoms with E-state index in [2.05, 4.69) is 20.9 Å². The first-order valence-electron chi connectivity index (χ1n) is 12.6. The van der Waals surface area contributed by atoms with Gasteiger partial charge in [0, 0.05) is 44.5 Å². The van der Waals surface area contributed by atoms with Crippen LogP contribution in [0.2, 0.25) is 0 Å². The largest absolute Gasteiger partial charge is 0.506 e. The molecule has 0 spiro atoms. The molecule has 210 valence electrons. The SMILES string of the molecule is Nc1ccc(C(F)(F)F)cc1C(=O)NCC(=O)N[C@@H]1CCN(Cc2ccc(O)c(NC(=O)N3CCCC3)c2)C1. The van der Waals surface area contributed by atoms with Gasteiger partial charge in [-0.3, -0.25) is 14.5 Å². The zero-order valence-corrected chi connectivity index (χ0v) is 21.2. The number of benzene rings is 2. The molecule has 2 aliphatic heterocycles. The van der Waals surface area contributed by atoms with Crippen molar-refractivity contribution in [3.8, 4) is 5.75 Å². The fraction of sp³-hybridized carbons (Fsp3) is 0.423. The Labute approximate surface area is 223 Å². The van der Waals surface area contributed by atoms with Gasteiger partial charge in [0.2, 0.25) is 5.91 Å². The summed E-state index contributed by atoms with van der Waals surface area (Å²) in [4.78, 5) is 40.9. The highest BCUT2D eigenvalue weighted by molar-refractivity contribution is 6.01. The lowest BCUT2D eigenvalue weighted by Gasteiger charge is -2.19. The van der Waals surface area contributed by atoms with E-state index in [0.717, 1.165) is 30.5 Å². The Morgan fingerprint density at radius 3 is 2.51 bits per heavy atom. The molecule has 39 heavy (non-hydrogen) atoms. The third-order valence-electron chi connectivity index (χ3n) is 6.77. The topological polar surface area (TPSA) is 140 Å². The highest BCUT2D eigenvalue weighted by Gasteiger charge is 2.32. The van der Waals surface area contributed by atoms with Crippen LogP contribution in [-0.2, 0) is 17.5 Å². The van der Waals surface area contributed by atoms with E-state index in [4.69, 9.17) is 5.73 Å². The van der Waals surface area contributed by atoms with Crippen LogP contribution in [0.25, 0.3) is 0 Å². The Bertz CT molecular complexity index is 1230. The smallest absolute Gasteiger partial charge is 0.416 e. The first-order valence-corrected chi connectivity index (χ1v) is 12.6. The van der Waals surface area contributed by atoms with Crippen molar-refractivity contribution in [2.75, 3.05) is 43.8 Å². The van der Waals surface area contributed by atoms with Crippen molar-refractivity contribution in [3.05, 3.63) is 53.1 Å². The number of carbonyl (C=O) groups is 3. The number of amides is 4. The van der Waals surface area contributed by atoms with Gasteiger partial charge < -0.3 is 31.7 Å². The predicted molar refractivity (Wildman–Crippen MR) is 138 cm³/mol. The Kier molecular flexibility index (Phi) is 8.48. The number of likely N-dealkylation sites (tertiary alicyclic amines) is 2. The van der Waals surface area contributed by atoms with Gasteiger partial charge in [0.25, 0.3) is 5.91 Å². The fourth-order valence-electron chi connectivity index (χ4n) is 4.71. The number of alkyl halides is 3. The molecule has 4 rings (SSSR count). The molecule has 2 saturated heterocycles. The van der Waals surface area contributed by atoms with Crippen LogP contribution in [0.1, 0.15) is 40.7 Å². The van der Waals surface area contributed by atoms with Crippen molar-refractivity contribution >= 4 is 29.2 Å². The Hall–Kier alpha value is -4.00. The number of halogens is 3. The molecule has 0 aromatic heterocycles. The number of phenols is 1. The number of carbonyl (C=O) groups excluding carboxylic acids is 3. The van der Waals surface area contributed by atoms with Crippen LogP contribution < -0.4 is 21.7 Å². The van der Waals surface area contributed by atoms with Crippen LogP contribution in [0, 0.1) is 0 Å². The molecule has 0 bridgehead atoms. The summed E-state index contributed by atoms with van der Waals surface area (Å²) in [6, 6.07) is 7.05. The van der Waals surface area contributed by atoms with Gasteiger partial charge >= 0.3 is 12.2 Å². The number of nitrogens with one attached hydrogen (secondary N) is 3. The van der Waals surface area contributed by atoms with Gasteiger partial charge in [-0.25, -0.2) is 4.79 Å². The number of urea groups is 1. The van der Waals surface area contributed by atoms with E-state index in [-0.39, 0.29) is 29.1 Å². The molecule has 0 radical (unpaired) electrons. The monoisotopic (exact) mass is 548 g/mol. The number of aromatic hydroxyl groups is 1. The fourth-order valence-corrected chi connectivity index (χ4v) is 4.71. The number of nitrogens with zero attached hydrogens (tertiary/aromatic N) is 2. The predicted octanol–water partition coefficient (Wildman–Crippen LogP) is 2.74. The Balaban J connectivity index is 1.25. The molecular weight excluding hydrogens is 517 g/mol. The first-order chi connectivity index (χ1) is 18.5. The second-order valence-electron chi connectivity index (χ2n) is 9.75.